The Morgan fingerprint density at radius 2 is 2.17 bits per heavy atom. The van der Waals surface area contributed by atoms with Crippen LogP contribution in [0.2, 0.25) is 0 Å². The van der Waals surface area contributed by atoms with Gasteiger partial charge in [-0.25, -0.2) is 0 Å². The molecule has 2 aromatic rings. The van der Waals surface area contributed by atoms with Gasteiger partial charge >= 0.3 is 5.97 Å². The van der Waals surface area contributed by atoms with Crippen molar-refractivity contribution in [2.24, 2.45) is 5.92 Å². The molecule has 1 amide bonds. The highest BCUT2D eigenvalue weighted by molar-refractivity contribution is 5.92. The molecule has 1 aromatic carbocycles. The van der Waals surface area contributed by atoms with E-state index in [0.717, 1.165) is 11.1 Å². The maximum Gasteiger partial charge on any atom is 0.308 e. The number of rotatable bonds is 8. The Balaban J connectivity index is 1.95. The van der Waals surface area contributed by atoms with Crippen molar-refractivity contribution in [2.45, 2.75) is 20.0 Å². The number of carbonyl (C=O) groups excluding carboxylic acids is 1. The van der Waals surface area contributed by atoms with Gasteiger partial charge in [0.05, 0.1) is 5.92 Å². The van der Waals surface area contributed by atoms with Crippen LogP contribution in [-0.2, 0) is 22.6 Å². The lowest BCUT2D eigenvalue weighted by molar-refractivity contribution is -0.141. The number of nitrogens with one attached hydrogen (secondary N) is 1. The van der Waals surface area contributed by atoms with Gasteiger partial charge in [0.15, 0.2) is 11.5 Å². The van der Waals surface area contributed by atoms with E-state index < -0.39 is 17.8 Å². The maximum absolute atomic E-state index is 12.0. The molecule has 0 saturated heterocycles. The van der Waals surface area contributed by atoms with Gasteiger partial charge in [0.2, 0.25) is 0 Å². The molecular formula is C17H20N2O5. The Hall–Kier alpha value is -2.67. The lowest BCUT2D eigenvalue weighted by Crippen LogP contribution is -2.34. The van der Waals surface area contributed by atoms with E-state index >= 15 is 0 Å². The predicted molar refractivity (Wildman–Crippen MR) is 85.6 cm³/mol. The number of nitrogens with zero attached hydrogens (tertiary/aromatic N) is 1. The first-order valence-corrected chi connectivity index (χ1v) is 7.50. The minimum atomic E-state index is -0.961. The molecule has 1 heterocycles. The van der Waals surface area contributed by atoms with E-state index in [0.29, 0.717) is 12.2 Å². The van der Waals surface area contributed by atoms with Gasteiger partial charge in [-0.15, -0.1) is 0 Å². The van der Waals surface area contributed by atoms with Crippen LogP contribution in [0.15, 0.2) is 34.9 Å². The van der Waals surface area contributed by atoms with Crippen LogP contribution >= 0.6 is 0 Å². The quantitative estimate of drug-likeness (QED) is 0.764. The molecule has 0 radical (unpaired) electrons. The number of carboxylic acids is 1. The Bertz CT molecular complexity index is 711. The highest BCUT2D eigenvalue weighted by atomic mass is 16.5. The Labute approximate surface area is 139 Å². The van der Waals surface area contributed by atoms with Crippen LogP contribution in [-0.4, -0.2) is 35.8 Å². The Kier molecular flexibility index (Phi) is 6.08. The fourth-order valence-electron chi connectivity index (χ4n) is 2.31. The zero-order chi connectivity index (χ0) is 17.5. The van der Waals surface area contributed by atoms with Crippen LogP contribution in [0.4, 0.5) is 0 Å². The molecule has 1 aromatic heterocycles. The SMILES string of the molecule is COCc1cc(C(=O)NC[C@H](Cc2cccc(C)c2)C(=O)O)no1. The first-order valence-electron chi connectivity index (χ1n) is 7.50. The fourth-order valence-corrected chi connectivity index (χ4v) is 2.31. The average molecular weight is 332 g/mol. The number of hydrogen-bond donors (Lipinski definition) is 2. The van der Waals surface area contributed by atoms with Gasteiger partial charge in [-0.3, -0.25) is 9.59 Å². The number of hydrogen-bond acceptors (Lipinski definition) is 5. The molecule has 0 fully saturated rings. The molecule has 0 unspecified atom stereocenters. The van der Waals surface area contributed by atoms with Gasteiger partial charge < -0.3 is 19.7 Å². The van der Waals surface area contributed by atoms with E-state index in [2.05, 4.69) is 10.5 Å². The summed E-state index contributed by atoms with van der Waals surface area (Å²) in [5, 5.41) is 15.6. The second-order valence-electron chi connectivity index (χ2n) is 5.55. The average Bonchev–Trinajstić information content (AvgIpc) is 3.00. The zero-order valence-electron chi connectivity index (χ0n) is 13.6. The number of carboxylic acid groups (broad SMARTS) is 1. The zero-order valence-corrected chi connectivity index (χ0v) is 13.6. The molecule has 2 N–H and O–H groups in total. The number of benzene rings is 1. The number of amides is 1. The number of methoxy groups -OCH3 is 1. The standard InChI is InChI=1S/C17H20N2O5/c1-11-4-3-5-12(6-11)7-13(17(21)22)9-18-16(20)15-8-14(10-23-2)24-19-15/h3-6,8,13H,7,9-10H2,1-2H3,(H,18,20)(H,21,22)/t13-/m0/s1. The number of aryl methyl sites for hydroxylation is 1. The first kappa shape index (κ1) is 17.7. The van der Waals surface area contributed by atoms with Crippen molar-refractivity contribution in [1.82, 2.24) is 10.5 Å². The summed E-state index contributed by atoms with van der Waals surface area (Å²) in [4.78, 5) is 23.5. The smallest absolute Gasteiger partial charge is 0.308 e. The summed E-state index contributed by atoms with van der Waals surface area (Å²) in [6, 6.07) is 9.11. The summed E-state index contributed by atoms with van der Waals surface area (Å²) < 4.78 is 9.82. The van der Waals surface area contributed by atoms with E-state index in [1.165, 1.54) is 13.2 Å². The van der Waals surface area contributed by atoms with Gasteiger partial charge in [0, 0.05) is 19.7 Å². The summed E-state index contributed by atoms with van der Waals surface area (Å²) in [7, 11) is 1.50. The highest BCUT2D eigenvalue weighted by Gasteiger charge is 2.20. The minimum Gasteiger partial charge on any atom is -0.481 e. The first-order chi connectivity index (χ1) is 11.5. The minimum absolute atomic E-state index is 0.00851. The van der Waals surface area contributed by atoms with E-state index in [9.17, 15) is 14.7 Å². The lowest BCUT2D eigenvalue weighted by atomic mass is 9.98. The second-order valence-corrected chi connectivity index (χ2v) is 5.55. The fraction of sp³-hybridized carbons (Fsp3) is 0.353. The molecular weight excluding hydrogens is 312 g/mol. The van der Waals surface area contributed by atoms with E-state index in [1.54, 1.807) is 0 Å². The van der Waals surface area contributed by atoms with Gasteiger partial charge in [-0.05, 0) is 18.9 Å². The Morgan fingerprint density at radius 3 is 2.83 bits per heavy atom. The molecule has 128 valence electrons. The van der Waals surface area contributed by atoms with Crippen molar-refractivity contribution >= 4 is 11.9 Å². The summed E-state index contributed by atoms with van der Waals surface area (Å²) in [5.74, 6) is -1.73. The van der Waals surface area contributed by atoms with Crippen LogP contribution in [0, 0.1) is 12.8 Å². The van der Waals surface area contributed by atoms with Crippen molar-refractivity contribution in [3.63, 3.8) is 0 Å². The van der Waals surface area contributed by atoms with Crippen LogP contribution in [0.5, 0.6) is 0 Å². The van der Waals surface area contributed by atoms with Gasteiger partial charge in [-0.2, -0.15) is 0 Å². The molecule has 2 rings (SSSR count). The number of carbonyl (C=O) groups is 2. The third-order valence-corrected chi connectivity index (χ3v) is 3.50. The van der Waals surface area contributed by atoms with Crippen molar-refractivity contribution in [3.8, 4) is 0 Å². The predicted octanol–water partition coefficient (Wildman–Crippen LogP) is 1.80. The highest BCUT2D eigenvalue weighted by Crippen LogP contribution is 2.11. The van der Waals surface area contributed by atoms with Gasteiger partial charge in [-0.1, -0.05) is 35.0 Å². The van der Waals surface area contributed by atoms with Crippen LogP contribution in [0.1, 0.15) is 27.4 Å². The molecule has 1 atom stereocenters. The van der Waals surface area contributed by atoms with Crippen molar-refractivity contribution in [3.05, 3.63) is 52.9 Å². The van der Waals surface area contributed by atoms with E-state index in [1.807, 2.05) is 31.2 Å². The molecule has 7 heteroatoms. The third kappa shape index (κ3) is 4.92. The summed E-state index contributed by atoms with van der Waals surface area (Å²) in [5.41, 5.74) is 2.08. The maximum atomic E-state index is 12.0. The molecule has 0 aliphatic carbocycles. The lowest BCUT2D eigenvalue weighted by Gasteiger charge is -2.13. The van der Waals surface area contributed by atoms with E-state index in [-0.39, 0.29) is 18.8 Å². The van der Waals surface area contributed by atoms with Gasteiger partial charge in [0.25, 0.3) is 5.91 Å². The summed E-state index contributed by atoms with van der Waals surface area (Å²) in [6.45, 7) is 2.17. The largest absolute Gasteiger partial charge is 0.481 e. The molecule has 0 aliphatic rings. The number of ether oxygens (including phenoxy) is 1. The normalized spacial score (nSPS) is 11.9. The van der Waals surface area contributed by atoms with Crippen molar-refractivity contribution in [1.29, 1.82) is 0 Å². The Morgan fingerprint density at radius 1 is 1.38 bits per heavy atom. The summed E-state index contributed by atoms with van der Waals surface area (Å²) in [6.07, 6.45) is 0.338. The molecule has 0 spiro atoms. The number of aromatic nitrogens is 1. The topological polar surface area (TPSA) is 102 Å². The third-order valence-electron chi connectivity index (χ3n) is 3.50. The molecule has 0 bridgehead atoms. The second kappa shape index (κ2) is 8.26. The van der Waals surface area contributed by atoms with Crippen LogP contribution in [0.25, 0.3) is 0 Å². The van der Waals surface area contributed by atoms with Crippen LogP contribution < -0.4 is 5.32 Å². The van der Waals surface area contributed by atoms with Gasteiger partial charge in [0.1, 0.15) is 6.61 Å². The van der Waals surface area contributed by atoms with Crippen LogP contribution in [0.3, 0.4) is 0 Å². The number of aliphatic carboxylic acids is 1. The molecule has 0 saturated carbocycles. The van der Waals surface area contributed by atoms with E-state index in [4.69, 9.17) is 9.26 Å². The monoisotopic (exact) mass is 332 g/mol. The summed E-state index contributed by atoms with van der Waals surface area (Å²) >= 11 is 0. The van der Waals surface area contributed by atoms with Crippen molar-refractivity contribution in [2.75, 3.05) is 13.7 Å². The molecule has 7 nitrogen and oxygen atoms in total. The molecule has 24 heavy (non-hydrogen) atoms. The van der Waals surface area contributed by atoms with Crippen molar-refractivity contribution < 1.29 is 24.0 Å². The molecule has 0 aliphatic heterocycles.